The van der Waals surface area contributed by atoms with Crippen LogP contribution in [0.25, 0.3) is 5.69 Å². The lowest BCUT2D eigenvalue weighted by Crippen LogP contribution is -2.17. The highest BCUT2D eigenvalue weighted by atomic mass is 15.1. The molecule has 17 heavy (non-hydrogen) atoms. The SMILES string of the molecule is CCCc1nccn1-c1cccnc1C(=N)N. The number of aryl methyl sites for hydroxylation is 1. The van der Waals surface area contributed by atoms with Crippen LogP contribution in [0.15, 0.2) is 30.7 Å². The third-order valence-electron chi connectivity index (χ3n) is 2.49. The molecule has 2 rings (SSSR count). The number of nitrogen functional groups attached to an aromatic ring is 1. The Morgan fingerprint density at radius 2 is 2.24 bits per heavy atom. The highest BCUT2D eigenvalue weighted by molar-refractivity contribution is 5.96. The average molecular weight is 229 g/mol. The molecule has 0 spiro atoms. The summed E-state index contributed by atoms with van der Waals surface area (Å²) in [6.45, 7) is 2.11. The Morgan fingerprint density at radius 3 is 2.94 bits per heavy atom. The smallest absolute Gasteiger partial charge is 0.143 e. The van der Waals surface area contributed by atoms with Gasteiger partial charge < -0.3 is 10.3 Å². The number of hydrogen-bond acceptors (Lipinski definition) is 3. The summed E-state index contributed by atoms with van der Waals surface area (Å²) in [5.74, 6) is 0.930. The minimum Gasteiger partial charge on any atom is -0.382 e. The molecule has 88 valence electrons. The number of nitrogens with one attached hydrogen (secondary N) is 1. The molecule has 2 aromatic rings. The Morgan fingerprint density at radius 1 is 1.41 bits per heavy atom. The average Bonchev–Trinajstić information content (AvgIpc) is 2.77. The van der Waals surface area contributed by atoms with Crippen LogP contribution in [0.3, 0.4) is 0 Å². The molecule has 0 atom stereocenters. The molecule has 0 radical (unpaired) electrons. The third kappa shape index (κ3) is 2.18. The molecule has 2 aromatic heterocycles. The van der Waals surface area contributed by atoms with Crippen molar-refractivity contribution in [1.29, 1.82) is 5.41 Å². The molecule has 0 aliphatic carbocycles. The highest BCUT2D eigenvalue weighted by Gasteiger charge is 2.11. The van der Waals surface area contributed by atoms with Gasteiger partial charge in [-0.1, -0.05) is 6.92 Å². The van der Waals surface area contributed by atoms with E-state index in [-0.39, 0.29) is 5.84 Å². The normalized spacial score (nSPS) is 10.4. The van der Waals surface area contributed by atoms with Gasteiger partial charge in [0.15, 0.2) is 0 Å². The van der Waals surface area contributed by atoms with Crippen molar-refractivity contribution in [3.63, 3.8) is 0 Å². The fourth-order valence-corrected chi connectivity index (χ4v) is 1.76. The molecule has 0 aromatic carbocycles. The first-order chi connectivity index (χ1) is 8.24. The molecule has 0 saturated carbocycles. The molecule has 3 N–H and O–H groups in total. The van der Waals surface area contributed by atoms with Crippen LogP contribution in [0, 0.1) is 5.41 Å². The molecule has 0 aliphatic rings. The molecule has 0 amide bonds. The van der Waals surface area contributed by atoms with Crippen LogP contribution >= 0.6 is 0 Å². The van der Waals surface area contributed by atoms with E-state index < -0.39 is 0 Å². The largest absolute Gasteiger partial charge is 0.382 e. The van der Waals surface area contributed by atoms with Gasteiger partial charge in [-0.15, -0.1) is 0 Å². The molecule has 0 fully saturated rings. The number of aromatic nitrogens is 3. The number of nitrogens with two attached hydrogens (primary N) is 1. The molecule has 2 heterocycles. The van der Waals surface area contributed by atoms with E-state index in [1.54, 1.807) is 12.4 Å². The van der Waals surface area contributed by atoms with E-state index >= 15 is 0 Å². The van der Waals surface area contributed by atoms with E-state index in [1.165, 1.54) is 0 Å². The maximum absolute atomic E-state index is 7.53. The van der Waals surface area contributed by atoms with Gasteiger partial charge in [-0.25, -0.2) is 4.98 Å². The maximum Gasteiger partial charge on any atom is 0.143 e. The lowest BCUT2D eigenvalue weighted by molar-refractivity contribution is 0.806. The summed E-state index contributed by atoms with van der Waals surface area (Å²) in [6, 6.07) is 3.72. The van der Waals surface area contributed by atoms with Crippen molar-refractivity contribution in [2.24, 2.45) is 5.73 Å². The van der Waals surface area contributed by atoms with Gasteiger partial charge in [-0.05, 0) is 18.6 Å². The van der Waals surface area contributed by atoms with Gasteiger partial charge >= 0.3 is 0 Å². The van der Waals surface area contributed by atoms with Crippen LogP contribution in [-0.2, 0) is 6.42 Å². The number of nitrogens with zero attached hydrogens (tertiary/aromatic N) is 3. The van der Waals surface area contributed by atoms with Gasteiger partial charge in [0, 0.05) is 25.0 Å². The van der Waals surface area contributed by atoms with Crippen molar-refractivity contribution >= 4 is 5.84 Å². The van der Waals surface area contributed by atoms with Gasteiger partial charge in [0.05, 0.1) is 5.69 Å². The van der Waals surface area contributed by atoms with E-state index in [4.69, 9.17) is 11.1 Å². The third-order valence-corrected chi connectivity index (χ3v) is 2.49. The zero-order valence-corrected chi connectivity index (χ0v) is 9.72. The maximum atomic E-state index is 7.53. The topological polar surface area (TPSA) is 80.6 Å². The summed E-state index contributed by atoms with van der Waals surface area (Å²) in [5, 5.41) is 7.53. The summed E-state index contributed by atoms with van der Waals surface area (Å²) in [5.41, 5.74) is 6.83. The van der Waals surface area contributed by atoms with Crippen molar-refractivity contribution in [1.82, 2.24) is 14.5 Å². The van der Waals surface area contributed by atoms with Crippen molar-refractivity contribution < 1.29 is 0 Å². The van der Waals surface area contributed by atoms with Crippen molar-refractivity contribution in [3.8, 4) is 5.69 Å². The minimum atomic E-state index is -0.0308. The zero-order valence-electron chi connectivity index (χ0n) is 9.72. The standard InChI is InChI=1S/C12H15N5/c1-2-4-10-15-7-8-17(10)9-5-3-6-16-11(9)12(13)14/h3,5-8H,2,4H2,1H3,(H3,13,14). The summed E-state index contributed by atoms with van der Waals surface area (Å²) in [6.07, 6.45) is 7.17. The Labute approximate surface area is 99.8 Å². The van der Waals surface area contributed by atoms with E-state index in [0.29, 0.717) is 5.69 Å². The van der Waals surface area contributed by atoms with Gasteiger partial charge in [-0.3, -0.25) is 10.4 Å². The fourth-order valence-electron chi connectivity index (χ4n) is 1.76. The predicted octanol–water partition coefficient (Wildman–Crippen LogP) is 1.50. The fraction of sp³-hybridized carbons (Fsp3) is 0.250. The van der Waals surface area contributed by atoms with Gasteiger partial charge in [0.2, 0.25) is 0 Å². The zero-order chi connectivity index (χ0) is 12.3. The second-order valence-electron chi connectivity index (χ2n) is 3.75. The molecule has 0 aliphatic heterocycles. The van der Waals surface area contributed by atoms with Crippen LogP contribution in [0.4, 0.5) is 0 Å². The molecule has 0 bridgehead atoms. The number of pyridine rings is 1. The second-order valence-corrected chi connectivity index (χ2v) is 3.75. The Hall–Kier alpha value is -2.17. The van der Waals surface area contributed by atoms with Gasteiger partial charge in [-0.2, -0.15) is 0 Å². The summed E-state index contributed by atoms with van der Waals surface area (Å²) >= 11 is 0. The van der Waals surface area contributed by atoms with Crippen LogP contribution in [0.1, 0.15) is 24.9 Å². The molecule has 5 heteroatoms. The van der Waals surface area contributed by atoms with Gasteiger partial charge in [0.1, 0.15) is 17.4 Å². The first-order valence-corrected chi connectivity index (χ1v) is 5.56. The monoisotopic (exact) mass is 229 g/mol. The van der Waals surface area contributed by atoms with Crippen LogP contribution in [0.2, 0.25) is 0 Å². The predicted molar refractivity (Wildman–Crippen MR) is 66.4 cm³/mol. The molecule has 0 unspecified atom stereocenters. The second kappa shape index (κ2) is 4.78. The van der Waals surface area contributed by atoms with E-state index in [0.717, 1.165) is 24.4 Å². The van der Waals surface area contributed by atoms with Crippen LogP contribution < -0.4 is 5.73 Å². The Kier molecular flexibility index (Phi) is 3.18. The Balaban J connectivity index is 2.52. The number of rotatable bonds is 4. The Bertz CT molecular complexity index is 529. The minimum absolute atomic E-state index is 0.0308. The quantitative estimate of drug-likeness (QED) is 0.616. The van der Waals surface area contributed by atoms with Crippen LogP contribution in [-0.4, -0.2) is 20.4 Å². The van der Waals surface area contributed by atoms with Gasteiger partial charge in [0.25, 0.3) is 0 Å². The first-order valence-electron chi connectivity index (χ1n) is 5.56. The summed E-state index contributed by atoms with van der Waals surface area (Å²) in [4.78, 5) is 8.44. The summed E-state index contributed by atoms with van der Waals surface area (Å²) in [7, 11) is 0. The van der Waals surface area contributed by atoms with Crippen molar-refractivity contribution in [2.75, 3.05) is 0 Å². The number of hydrogen-bond donors (Lipinski definition) is 2. The van der Waals surface area contributed by atoms with E-state index in [9.17, 15) is 0 Å². The summed E-state index contributed by atoms with van der Waals surface area (Å²) < 4.78 is 1.94. The lowest BCUT2D eigenvalue weighted by Gasteiger charge is -2.10. The number of imidazole rings is 1. The number of amidine groups is 1. The molecular formula is C12H15N5. The molecular weight excluding hydrogens is 214 g/mol. The van der Waals surface area contributed by atoms with Crippen LogP contribution in [0.5, 0.6) is 0 Å². The van der Waals surface area contributed by atoms with Crippen molar-refractivity contribution in [3.05, 3.63) is 42.2 Å². The first kappa shape index (κ1) is 11.3. The van der Waals surface area contributed by atoms with E-state index in [1.807, 2.05) is 22.9 Å². The van der Waals surface area contributed by atoms with E-state index in [2.05, 4.69) is 16.9 Å². The molecule has 0 saturated heterocycles. The molecule has 5 nitrogen and oxygen atoms in total. The highest BCUT2D eigenvalue weighted by Crippen LogP contribution is 2.14. The lowest BCUT2D eigenvalue weighted by atomic mass is 10.2. The van der Waals surface area contributed by atoms with Crippen molar-refractivity contribution in [2.45, 2.75) is 19.8 Å².